The second kappa shape index (κ2) is 7.42. The first-order chi connectivity index (χ1) is 11.6. The Morgan fingerprint density at radius 2 is 1.88 bits per heavy atom. The summed E-state index contributed by atoms with van der Waals surface area (Å²) in [6.45, 7) is 1.10. The second-order valence-electron chi connectivity index (χ2n) is 5.72. The van der Waals surface area contributed by atoms with Crippen molar-refractivity contribution in [1.82, 2.24) is 5.32 Å². The molecular formula is C15H17F3N2O4S. The summed E-state index contributed by atoms with van der Waals surface area (Å²) in [4.78, 5) is 36.2. The Balaban J connectivity index is 1.98. The first-order valence-electron chi connectivity index (χ1n) is 7.50. The number of carbonyl (C=O) groups is 3. The fraction of sp³-hybridized carbons (Fsp3) is 0.533. The van der Waals surface area contributed by atoms with Crippen LogP contribution in [0, 0.1) is 19.8 Å². The number of thiophene rings is 1. The predicted octanol–water partition coefficient (Wildman–Crippen LogP) is 2.55. The van der Waals surface area contributed by atoms with Gasteiger partial charge < -0.3 is 15.4 Å². The van der Waals surface area contributed by atoms with Crippen molar-refractivity contribution in [3.05, 3.63) is 16.0 Å². The summed E-state index contributed by atoms with van der Waals surface area (Å²) in [5.74, 6) is -2.16. The average molecular weight is 378 g/mol. The molecule has 0 spiro atoms. The van der Waals surface area contributed by atoms with Crippen LogP contribution in [0.3, 0.4) is 0 Å². The van der Waals surface area contributed by atoms with Crippen molar-refractivity contribution in [2.45, 2.75) is 32.9 Å². The van der Waals surface area contributed by atoms with E-state index in [0.29, 0.717) is 10.6 Å². The molecule has 1 aliphatic carbocycles. The number of nitrogens with one attached hydrogen (secondary N) is 2. The first kappa shape index (κ1) is 19.2. The molecule has 0 bridgehead atoms. The van der Waals surface area contributed by atoms with Crippen LogP contribution in [0.5, 0.6) is 0 Å². The third-order valence-electron chi connectivity index (χ3n) is 3.59. The van der Waals surface area contributed by atoms with Crippen LogP contribution in [-0.4, -0.2) is 37.1 Å². The third-order valence-corrected chi connectivity index (χ3v) is 4.72. The van der Waals surface area contributed by atoms with Gasteiger partial charge in [-0.3, -0.25) is 9.59 Å². The molecule has 2 amide bonds. The molecule has 1 aromatic rings. The van der Waals surface area contributed by atoms with E-state index in [1.54, 1.807) is 19.2 Å². The number of anilines is 1. The fourth-order valence-electron chi connectivity index (χ4n) is 1.97. The van der Waals surface area contributed by atoms with E-state index >= 15 is 0 Å². The number of halogens is 3. The second-order valence-corrected chi connectivity index (χ2v) is 6.94. The first-order valence-corrected chi connectivity index (χ1v) is 8.31. The summed E-state index contributed by atoms with van der Waals surface area (Å²) in [6, 6.07) is 0. The summed E-state index contributed by atoms with van der Waals surface area (Å²) in [7, 11) is 0. The molecule has 0 aliphatic heterocycles. The number of hydrogen-bond acceptors (Lipinski definition) is 5. The number of aryl methyl sites for hydroxylation is 1. The minimum absolute atomic E-state index is 0.0558. The molecule has 1 fully saturated rings. The van der Waals surface area contributed by atoms with Crippen molar-refractivity contribution in [1.29, 1.82) is 0 Å². The lowest BCUT2D eigenvalue weighted by molar-refractivity contribution is -0.140. The van der Waals surface area contributed by atoms with Crippen LogP contribution in [0.4, 0.5) is 18.2 Å². The molecule has 2 N–H and O–H groups in total. The van der Waals surface area contributed by atoms with Gasteiger partial charge in [-0.2, -0.15) is 13.2 Å². The predicted molar refractivity (Wildman–Crippen MR) is 84.5 cm³/mol. The molecule has 1 aliphatic rings. The zero-order valence-corrected chi connectivity index (χ0v) is 14.4. The molecule has 25 heavy (non-hydrogen) atoms. The number of ether oxygens (including phenoxy) is 1. The third kappa shape index (κ3) is 5.45. The molecule has 1 heterocycles. The molecule has 6 nitrogen and oxygen atoms in total. The van der Waals surface area contributed by atoms with E-state index in [4.69, 9.17) is 4.74 Å². The van der Waals surface area contributed by atoms with Crippen LogP contribution < -0.4 is 10.6 Å². The molecular weight excluding hydrogens is 361 g/mol. The molecule has 10 heteroatoms. The van der Waals surface area contributed by atoms with Gasteiger partial charge in [0.1, 0.15) is 11.5 Å². The SMILES string of the molecule is Cc1sc(NC(=O)C2CC2)c(C(=O)OCC(=O)NCC(F)(F)F)c1C. The van der Waals surface area contributed by atoms with E-state index in [0.717, 1.165) is 17.7 Å². The highest BCUT2D eigenvalue weighted by molar-refractivity contribution is 7.16. The van der Waals surface area contributed by atoms with Crippen molar-refractivity contribution < 1.29 is 32.3 Å². The molecule has 1 aromatic heterocycles. The molecule has 0 atom stereocenters. The molecule has 0 saturated heterocycles. The van der Waals surface area contributed by atoms with Crippen LogP contribution in [0.25, 0.3) is 0 Å². The van der Waals surface area contributed by atoms with Gasteiger partial charge in [-0.25, -0.2) is 4.79 Å². The normalized spacial score (nSPS) is 14.1. The van der Waals surface area contributed by atoms with Crippen molar-refractivity contribution in [3.63, 3.8) is 0 Å². The van der Waals surface area contributed by atoms with Crippen LogP contribution in [0.15, 0.2) is 0 Å². The number of alkyl halides is 3. The van der Waals surface area contributed by atoms with E-state index < -0.39 is 31.2 Å². The monoisotopic (exact) mass is 378 g/mol. The summed E-state index contributed by atoms with van der Waals surface area (Å²) in [5.41, 5.74) is 0.719. The zero-order valence-electron chi connectivity index (χ0n) is 13.6. The highest BCUT2D eigenvalue weighted by Crippen LogP contribution is 2.36. The van der Waals surface area contributed by atoms with E-state index in [2.05, 4.69) is 5.32 Å². The van der Waals surface area contributed by atoms with E-state index in [9.17, 15) is 27.6 Å². The Kier molecular flexibility index (Phi) is 5.71. The van der Waals surface area contributed by atoms with Crippen molar-refractivity contribution in [3.8, 4) is 0 Å². The standard InChI is InChI=1S/C15H17F3N2O4S/c1-7-8(2)25-13(20-12(22)9-3-4-9)11(7)14(23)24-5-10(21)19-6-15(16,17)18/h9H,3-6H2,1-2H3,(H,19,21)(H,20,22). The Bertz CT molecular complexity index is 696. The van der Waals surface area contributed by atoms with Gasteiger partial charge in [0, 0.05) is 10.8 Å². The molecule has 1 saturated carbocycles. The van der Waals surface area contributed by atoms with E-state index in [1.165, 1.54) is 11.3 Å². The lowest BCUT2D eigenvalue weighted by Gasteiger charge is -2.10. The van der Waals surface area contributed by atoms with Gasteiger partial charge in [0.25, 0.3) is 5.91 Å². The van der Waals surface area contributed by atoms with Crippen LogP contribution in [0.2, 0.25) is 0 Å². The maximum absolute atomic E-state index is 12.2. The lowest BCUT2D eigenvalue weighted by atomic mass is 10.1. The van der Waals surface area contributed by atoms with Crippen LogP contribution in [0.1, 0.15) is 33.6 Å². The zero-order chi connectivity index (χ0) is 18.8. The van der Waals surface area contributed by atoms with Gasteiger partial charge >= 0.3 is 12.1 Å². The smallest absolute Gasteiger partial charge is 0.405 e. The maximum Gasteiger partial charge on any atom is 0.405 e. The topological polar surface area (TPSA) is 84.5 Å². The number of amides is 2. The van der Waals surface area contributed by atoms with Crippen LogP contribution >= 0.6 is 11.3 Å². The Labute approximate surface area is 145 Å². The van der Waals surface area contributed by atoms with Gasteiger partial charge in [0.2, 0.25) is 5.91 Å². The minimum Gasteiger partial charge on any atom is -0.452 e. The minimum atomic E-state index is -4.54. The average Bonchev–Trinajstić information content (AvgIpc) is 3.31. The summed E-state index contributed by atoms with van der Waals surface area (Å²) in [6.07, 6.45) is -2.94. The highest BCUT2D eigenvalue weighted by atomic mass is 32.1. The van der Waals surface area contributed by atoms with Gasteiger partial charge in [0.15, 0.2) is 6.61 Å². The van der Waals surface area contributed by atoms with Crippen molar-refractivity contribution >= 4 is 34.1 Å². The summed E-state index contributed by atoms with van der Waals surface area (Å²) in [5, 5.41) is 4.61. The van der Waals surface area contributed by atoms with Gasteiger partial charge in [-0.15, -0.1) is 11.3 Å². The van der Waals surface area contributed by atoms with E-state index in [1.807, 2.05) is 0 Å². The largest absolute Gasteiger partial charge is 0.452 e. The van der Waals surface area contributed by atoms with Gasteiger partial charge in [-0.05, 0) is 32.3 Å². The quantitative estimate of drug-likeness (QED) is 0.745. The Hall–Kier alpha value is -2.10. The Morgan fingerprint density at radius 3 is 2.44 bits per heavy atom. The Morgan fingerprint density at radius 1 is 1.24 bits per heavy atom. The molecule has 0 radical (unpaired) electrons. The maximum atomic E-state index is 12.2. The number of carbonyl (C=O) groups excluding carboxylic acids is 3. The van der Waals surface area contributed by atoms with Gasteiger partial charge in [0.05, 0.1) is 5.56 Å². The summed E-state index contributed by atoms with van der Waals surface area (Å²) >= 11 is 1.21. The van der Waals surface area contributed by atoms with Crippen LogP contribution in [-0.2, 0) is 14.3 Å². The number of rotatable bonds is 6. The molecule has 138 valence electrons. The summed E-state index contributed by atoms with van der Waals surface area (Å²) < 4.78 is 40.8. The molecule has 0 unspecified atom stereocenters. The molecule has 2 rings (SSSR count). The molecule has 0 aromatic carbocycles. The number of esters is 1. The van der Waals surface area contributed by atoms with E-state index in [-0.39, 0.29) is 17.4 Å². The lowest BCUT2D eigenvalue weighted by Crippen LogP contribution is -2.36. The van der Waals surface area contributed by atoms with Gasteiger partial charge in [-0.1, -0.05) is 0 Å². The van der Waals surface area contributed by atoms with Crippen molar-refractivity contribution in [2.24, 2.45) is 5.92 Å². The fourth-order valence-corrected chi connectivity index (χ4v) is 3.02. The van der Waals surface area contributed by atoms with Crippen molar-refractivity contribution in [2.75, 3.05) is 18.5 Å². The highest BCUT2D eigenvalue weighted by Gasteiger charge is 2.32. The number of hydrogen-bond donors (Lipinski definition) is 2.